The van der Waals surface area contributed by atoms with E-state index in [-0.39, 0.29) is 16.8 Å². The second kappa shape index (κ2) is 8.69. The van der Waals surface area contributed by atoms with Crippen LogP contribution in [0, 0.1) is 0 Å². The molecule has 0 radical (unpaired) electrons. The SMILES string of the molecule is CN(c1ccc2sc(C(=O)NC3CCCCC3)cc2c1)S(=O)(=O)c1ccc(Br)cc1. The third-order valence-corrected chi connectivity index (χ3v) is 8.94. The van der Waals surface area contributed by atoms with Gasteiger partial charge in [-0.05, 0) is 66.8 Å². The summed E-state index contributed by atoms with van der Waals surface area (Å²) in [6.07, 6.45) is 5.66. The molecule has 0 unspecified atom stereocenters. The molecule has 1 saturated carbocycles. The molecule has 0 spiro atoms. The summed E-state index contributed by atoms with van der Waals surface area (Å²) >= 11 is 4.76. The summed E-state index contributed by atoms with van der Waals surface area (Å²) in [5.74, 6) is -0.0412. The number of amides is 1. The summed E-state index contributed by atoms with van der Waals surface area (Å²) in [4.78, 5) is 13.5. The van der Waals surface area contributed by atoms with Crippen molar-refractivity contribution in [1.29, 1.82) is 0 Å². The van der Waals surface area contributed by atoms with Gasteiger partial charge in [0.15, 0.2) is 0 Å². The summed E-state index contributed by atoms with van der Waals surface area (Å²) in [5.41, 5.74) is 0.558. The Labute approximate surface area is 189 Å². The number of sulfonamides is 1. The van der Waals surface area contributed by atoms with E-state index in [0.29, 0.717) is 10.6 Å². The molecule has 0 bridgehead atoms. The lowest BCUT2D eigenvalue weighted by Gasteiger charge is -2.22. The lowest BCUT2D eigenvalue weighted by atomic mass is 9.95. The van der Waals surface area contributed by atoms with Gasteiger partial charge in [-0.25, -0.2) is 8.42 Å². The number of nitrogens with one attached hydrogen (secondary N) is 1. The van der Waals surface area contributed by atoms with E-state index < -0.39 is 10.0 Å². The Kier molecular flexibility index (Phi) is 6.18. The van der Waals surface area contributed by atoms with Crippen molar-refractivity contribution in [2.24, 2.45) is 0 Å². The smallest absolute Gasteiger partial charge is 0.264 e. The zero-order chi connectivity index (χ0) is 21.3. The van der Waals surface area contributed by atoms with E-state index in [2.05, 4.69) is 21.2 Å². The third-order valence-electron chi connectivity index (χ3n) is 5.50. The molecular formula is C22H23BrN2O3S2. The average molecular weight is 507 g/mol. The maximum Gasteiger partial charge on any atom is 0.264 e. The molecule has 0 atom stereocenters. The molecule has 1 amide bonds. The van der Waals surface area contributed by atoms with Gasteiger partial charge in [-0.3, -0.25) is 9.10 Å². The van der Waals surface area contributed by atoms with Crippen molar-refractivity contribution >= 4 is 59.0 Å². The highest BCUT2D eigenvalue weighted by molar-refractivity contribution is 9.10. The van der Waals surface area contributed by atoms with Gasteiger partial charge in [0.05, 0.1) is 15.5 Å². The number of hydrogen-bond acceptors (Lipinski definition) is 4. The second-order valence-electron chi connectivity index (χ2n) is 7.57. The van der Waals surface area contributed by atoms with Crippen LogP contribution in [0.4, 0.5) is 5.69 Å². The zero-order valence-corrected chi connectivity index (χ0v) is 19.8. The van der Waals surface area contributed by atoms with E-state index in [9.17, 15) is 13.2 Å². The lowest BCUT2D eigenvalue weighted by Crippen LogP contribution is -2.35. The predicted octanol–water partition coefficient (Wildman–Crippen LogP) is 5.55. The minimum atomic E-state index is -3.67. The number of fused-ring (bicyclic) bond motifs is 1. The van der Waals surface area contributed by atoms with Crippen LogP contribution in [0.1, 0.15) is 41.8 Å². The zero-order valence-electron chi connectivity index (χ0n) is 16.6. The van der Waals surface area contributed by atoms with Gasteiger partial charge in [0.25, 0.3) is 15.9 Å². The van der Waals surface area contributed by atoms with E-state index in [1.165, 1.54) is 34.9 Å². The van der Waals surface area contributed by atoms with Gasteiger partial charge >= 0.3 is 0 Å². The van der Waals surface area contributed by atoms with E-state index in [1.807, 2.05) is 18.2 Å². The Morgan fingerprint density at radius 3 is 2.47 bits per heavy atom. The first-order valence-electron chi connectivity index (χ1n) is 9.93. The third kappa shape index (κ3) is 4.40. The highest BCUT2D eigenvalue weighted by Crippen LogP contribution is 2.31. The van der Waals surface area contributed by atoms with Gasteiger partial charge in [0.2, 0.25) is 0 Å². The van der Waals surface area contributed by atoms with Gasteiger partial charge in [0, 0.05) is 22.3 Å². The molecule has 1 aliphatic carbocycles. The summed E-state index contributed by atoms with van der Waals surface area (Å²) in [7, 11) is -2.13. The highest BCUT2D eigenvalue weighted by Gasteiger charge is 2.22. The van der Waals surface area contributed by atoms with Crippen LogP contribution in [-0.2, 0) is 10.0 Å². The molecular weight excluding hydrogens is 484 g/mol. The minimum Gasteiger partial charge on any atom is -0.349 e. The molecule has 4 rings (SSSR count). The standard InChI is InChI=1S/C22H23BrN2O3S2/c1-25(30(27,28)19-10-7-16(23)8-11-19)18-9-12-20-15(13-18)14-21(29-20)22(26)24-17-5-3-2-4-6-17/h7-14,17H,2-6H2,1H3,(H,24,26). The molecule has 8 heteroatoms. The number of halogens is 1. The number of carbonyl (C=O) groups is 1. The van der Waals surface area contributed by atoms with Crippen LogP contribution in [0.5, 0.6) is 0 Å². The van der Waals surface area contributed by atoms with Gasteiger partial charge in [-0.1, -0.05) is 35.2 Å². The van der Waals surface area contributed by atoms with Crippen LogP contribution in [0.2, 0.25) is 0 Å². The highest BCUT2D eigenvalue weighted by atomic mass is 79.9. The normalized spacial score (nSPS) is 15.3. The quantitative estimate of drug-likeness (QED) is 0.493. The number of benzene rings is 2. The molecule has 1 N–H and O–H groups in total. The molecule has 1 fully saturated rings. The molecule has 158 valence electrons. The topological polar surface area (TPSA) is 66.5 Å². The fraction of sp³-hybridized carbons (Fsp3) is 0.318. The van der Waals surface area contributed by atoms with Crippen LogP contribution in [0.15, 0.2) is 57.9 Å². The maximum absolute atomic E-state index is 13.0. The maximum atomic E-state index is 13.0. The summed E-state index contributed by atoms with van der Waals surface area (Å²) in [6, 6.07) is 14.1. The molecule has 1 aliphatic rings. The molecule has 1 aromatic heterocycles. The van der Waals surface area contributed by atoms with Crippen molar-refractivity contribution in [1.82, 2.24) is 5.32 Å². The Hall–Kier alpha value is -1.90. The Morgan fingerprint density at radius 1 is 1.07 bits per heavy atom. The lowest BCUT2D eigenvalue weighted by molar-refractivity contribution is 0.0932. The van der Waals surface area contributed by atoms with Gasteiger partial charge in [0.1, 0.15) is 0 Å². The molecule has 30 heavy (non-hydrogen) atoms. The Morgan fingerprint density at radius 2 is 1.77 bits per heavy atom. The largest absolute Gasteiger partial charge is 0.349 e. The number of rotatable bonds is 5. The molecule has 2 aromatic carbocycles. The fourth-order valence-electron chi connectivity index (χ4n) is 3.75. The Balaban J connectivity index is 1.57. The van der Waals surface area contributed by atoms with Crippen molar-refractivity contribution in [2.45, 2.75) is 43.0 Å². The summed E-state index contributed by atoms with van der Waals surface area (Å²) < 4.78 is 29.0. The first kappa shape index (κ1) is 21.3. The summed E-state index contributed by atoms with van der Waals surface area (Å²) in [5, 5.41) is 4.01. The molecule has 5 nitrogen and oxygen atoms in total. The molecule has 1 heterocycles. The van der Waals surface area contributed by atoms with Gasteiger partial charge in [-0.15, -0.1) is 11.3 Å². The first-order valence-corrected chi connectivity index (χ1v) is 13.0. The minimum absolute atomic E-state index is 0.0412. The number of thiophene rings is 1. The van der Waals surface area contributed by atoms with Crippen molar-refractivity contribution in [3.63, 3.8) is 0 Å². The molecule has 0 aliphatic heterocycles. The van der Waals surface area contributed by atoms with Crippen LogP contribution >= 0.6 is 27.3 Å². The van der Waals surface area contributed by atoms with Crippen LogP contribution < -0.4 is 9.62 Å². The van der Waals surface area contributed by atoms with Gasteiger partial charge in [-0.2, -0.15) is 0 Å². The fourth-order valence-corrected chi connectivity index (χ4v) is 6.14. The van der Waals surface area contributed by atoms with Crippen LogP contribution in [0.3, 0.4) is 0 Å². The van der Waals surface area contributed by atoms with E-state index in [4.69, 9.17) is 0 Å². The predicted molar refractivity (Wildman–Crippen MR) is 126 cm³/mol. The van der Waals surface area contributed by atoms with Crippen molar-refractivity contribution in [2.75, 3.05) is 11.4 Å². The summed E-state index contributed by atoms with van der Waals surface area (Å²) in [6.45, 7) is 0. The van der Waals surface area contributed by atoms with E-state index in [0.717, 1.165) is 27.4 Å². The number of hydrogen-bond donors (Lipinski definition) is 1. The van der Waals surface area contributed by atoms with Crippen molar-refractivity contribution < 1.29 is 13.2 Å². The van der Waals surface area contributed by atoms with Crippen LogP contribution in [-0.4, -0.2) is 27.4 Å². The molecule has 0 saturated heterocycles. The average Bonchev–Trinajstić information content (AvgIpc) is 3.18. The Bertz CT molecular complexity index is 1170. The number of anilines is 1. The van der Waals surface area contributed by atoms with E-state index in [1.54, 1.807) is 37.4 Å². The second-order valence-corrected chi connectivity index (χ2v) is 11.5. The monoisotopic (exact) mass is 506 g/mol. The van der Waals surface area contributed by atoms with Crippen molar-refractivity contribution in [3.05, 3.63) is 57.9 Å². The van der Waals surface area contributed by atoms with Gasteiger partial charge < -0.3 is 5.32 Å². The van der Waals surface area contributed by atoms with Crippen molar-refractivity contribution in [3.8, 4) is 0 Å². The van der Waals surface area contributed by atoms with E-state index >= 15 is 0 Å². The molecule has 3 aromatic rings. The first-order chi connectivity index (χ1) is 14.3. The van der Waals surface area contributed by atoms with Crippen LogP contribution in [0.25, 0.3) is 10.1 Å². The number of nitrogens with zero attached hydrogens (tertiary/aromatic N) is 1. The number of carbonyl (C=O) groups excluding carboxylic acids is 1.